The van der Waals surface area contributed by atoms with Crippen molar-refractivity contribution in [2.75, 3.05) is 23.0 Å². The van der Waals surface area contributed by atoms with E-state index in [1.54, 1.807) is 0 Å². The van der Waals surface area contributed by atoms with Gasteiger partial charge in [-0.1, -0.05) is 84.9 Å². The Hall–Kier alpha value is -5.27. The molecule has 266 valence electrons. The lowest BCUT2D eigenvalue weighted by molar-refractivity contribution is -0.677. The van der Waals surface area contributed by atoms with Gasteiger partial charge in [0, 0.05) is 19.0 Å². The zero-order valence-corrected chi connectivity index (χ0v) is 29.8. The fourth-order valence-electron chi connectivity index (χ4n) is 6.45. The van der Waals surface area contributed by atoms with E-state index < -0.39 is 20.2 Å². The van der Waals surface area contributed by atoms with E-state index in [4.69, 9.17) is 9.15 Å². The van der Waals surface area contributed by atoms with Gasteiger partial charge in [-0.05, 0) is 75.9 Å². The summed E-state index contributed by atoms with van der Waals surface area (Å²) in [4.78, 5) is 1.92. The predicted molar refractivity (Wildman–Crippen MR) is 203 cm³/mol. The summed E-state index contributed by atoms with van der Waals surface area (Å²) < 4.78 is 79.7. The smallest absolute Gasteiger partial charge is 0.374 e. The molecule has 0 bridgehead atoms. The van der Waals surface area contributed by atoms with E-state index in [1.165, 1.54) is 0 Å². The Kier molecular flexibility index (Phi) is 9.98. The monoisotopic (exact) mass is 737 g/mol. The summed E-state index contributed by atoms with van der Waals surface area (Å²) in [7, 11) is -8.28. The molecule has 1 aliphatic rings. The quantitative estimate of drug-likeness (QED) is 0.0701. The highest BCUT2D eigenvalue weighted by Gasteiger charge is 2.27. The average Bonchev–Trinajstić information content (AvgIpc) is 3.62. The van der Waals surface area contributed by atoms with Crippen LogP contribution in [0.15, 0.2) is 137 Å². The maximum absolute atomic E-state index is 11.6. The minimum Gasteiger partial charge on any atom is -0.439 e. The van der Waals surface area contributed by atoms with Gasteiger partial charge in [0.2, 0.25) is 11.5 Å². The van der Waals surface area contributed by atoms with Crippen molar-refractivity contribution in [1.29, 1.82) is 0 Å². The second-order valence-electron chi connectivity index (χ2n) is 12.7. The minimum absolute atomic E-state index is 0.185. The van der Waals surface area contributed by atoms with Gasteiger partial charge < -0.3 is 14.1 Å². The predicted octanol–water partition coefficient (Wildman–Crippen LogP) is 7.51. The average molecular weight is 738 g/mol. The number of rotatable bonds is 13. The van der Waals surface area contributed by atoms with Crippen LogP contribution in [-0.2, 0) is 33.2 Å². The van der Waals surface area contributed by atoms with Crippen LogP contribution in [0.25, 0.3) is 38.7 Å². The molecular weight excluding hydrogens is 701 g/mol. The number of oxazole rings is 1. The van der Waals surface area contributed by atoms with Crippen molar-refractivity contribution >= 4 is 64.6 Å². The number of allylic oxidation sites excluding steroid dienone is 4. The number of aryl methyl sites for hydroxylation is 1. The first-order valence-electron chi connectivity index (χ1n) is 16.9. The molecule has 10 nitrogen and oxygen atoms in total. The maximum atomic E-state index is 11.6. The second-order valence-corrected chi connectivity index (χ2v) is 15.8. The highest BCUT2D eigenvalue weighted by molar-refractivity contribution is 7.86. The van der Waals surface area contributed by atoms with E-state index in [-0.39, 0.29) is 24.3 Å². The largest absolute Gasteiger partial charge is 0.439 e. The third-order valence-corrected chi connectivity index (χ3v) is 10.5. The van der Waals surface area contributed by atoms with Crippen molar-refractivity contribution in [3.05, 3.63) is 144 Å². The van der Waals surface area contributed by atoms with Gasteiger partial charge >= 0.3 is 5.89 Å². The van der Waals surface area contributed by atoms with Crippen LogP contribution >= 0.6 is 0 Å². The molecule has 52 heavy (non-hydrogen) atoms. The molecule has 0 aliphatic carbocycles. The molecule has 0 unspecified atom stereocenters. The molecule has 0 amide bonds. The summed E-state index contributed by atoms with van der Waals surface area (Å²) in [6.07, 6.45) is 8.53. The Morgan fingerprint density at radius 1 is 0.750 bits per heavy atom. The van der Waals surface area contributed by atoms with Crippen LogP contribution in [0.4, 0.5) is 5.69 Å². The molecule has 5 aromatic carbocycles. The summed E-state index contributed by atoms with van der Waals surface area (Å²) >= 11 is 0. The van der Waals surface area contributed by atoms with E-state index in [2.05, 4.69) is 0 Å². The standard InChI is InChI=1S/C40H36N2O8S2/c43-51(44,45)22-8-20-41-35-25-31-12-4-6-14-33(31)27-37(35)49-39(41)18-16-30(24-29-10-2-1-3-11-29)17-19-40-42(21-9-23-52(46,47)48)36-26-32-13-5-7-15-34(32)28-38(36)50-40/h1-7,10-19,25-28H,8-9,20-24H2,(H-,43,44,45,46,47,48)/p+1. The first-order valence-corrected chi connectivity index (χ1v) is 20.1. The Morgan fingerprint density at radius 2 is 1.37 bits per heavy atom. The number of hydrogen-bond acceptors (Lipinski definition) is 7. The van der Waals surface area contributed by atoms with Gasteiger partial charge in [-0.2, -0.15) is 21.4 Å². The Bertz CT molecular complexity index is 2590. The number of anilines is 1. The van der Waals surface area contributed by atoms with Crippen LogP contribution in [0, 0.1) is 0 Å². The number of benzene rings is 5. The first-order chi connectivity index (χ1) is 25.0. The molecular formula is C40H37N2O8S2+. The molecule has 12 heteroatoms. The van der Waals surface area contributed by atoms with Crippen molar-refractivity contribution in [3.63, 3.8) is 0 Å². The summed E-state index contributed by atoms with van der Waals surface area (Å²) in [6.45, 7) is 0.594. The van der Waals surface area contributed by atoms with Gasteiger partial charge in [0.05, 0.1) is 23.3 Å². The summed E-state index contributed by atoms with van der Waals surface area (Å²) in [5, 5.41) is 4.04. The first kappa shape index (κ1) is 35.1. The summed E-state index contributed by atoms with van der Waals surface area (Å²) in [6, 6.07) is 33.8. The second kappa shape index (κ2) is 14.8. The van der Waals surface area contributed by atoms with Gasteiger partial charge in [0.25, 0.3) is 25.8 Å². The number of nitrogens with zero attached hydrogens (tertiary/aromatic N) is 2. The molecule has 0 radical (unpaired) electrons. The molecule has 1 aromatic heterocycles. The summed E-state index contributed by atoms with van der Waals surface area (Å²) in [5.41, 5.74) is 4.21. The minimum atomic E-state index is -4.14. The van der Waals surface area contributed by atoms with Crippen LogP contribution in [0.1, 0.15) is 24.3 Å². The molecule has 7 rings (SSSR count). The zero-order valence-electron chi connectivity index (χ0n) is 28.1. The topological polar surface area (TPSA) is 138 Å². The molecule has 0 spiro atoms. The van der Waals surface area contributed by atoms with E-state index in [0.29, 0.717) is 42.6 Å². The van der Waals surface area contributed by atoms with Crippen molar-refractivity contribution in [2.24, 2.45) is 0 Å². The van der Waals surface area contributed by atoms with Gasteiger partial charge in [-0.25, -0.2) is 0 Å². The molecule has 6 aromatic rings. The maximum Gasteiger partial charge on any atom is 0.374 e. The van der Waals surface area contributed by atoms with Gasteiger partial charge in [-0.3, -0.25) is 9.11 Å². The van der Waals surface area contributed by atoms with Crippen molar-refractivity contribution in [2.45, 2.75) is 25.8 Å². The molecule has 1 aliphatic heterocycles. The lowest BCUT2D eigenvalue weighted by atomic mass is 10.0. The van der Waals surface area contributed by atoms with Gasteiger partial charge in [-0.15, -0.1) is 0 Å². The van der Waals surface area contributed by atoms with E-state index in [0.717, 1.165) is 43.9 Å². The highest BCUT2D eigenvalue weighted by atomic mass is 32.2. The van der Waals surface area contributed by atoms with Crippen molar-refractivity contribution in [1.82, 2.24) is 0 Å². The lowest BCUT2D eigenvalue weighted by Crippen LogP contribution is -2.36. The molecule has 0 atom stereocenters. The Morgan fingerprint density at radius 3 is 2.06 bits per heavy atom. The van der Waals surface area contributed by atoms with E-state index in [9.17, 15) is 25.9 Å². The van der Waals surface area contributed by atoms with Crippen LogP contribution in [0.3, 0.4) is 0 Å². The van der Waals surface area contributed by atoms with Crippen molar-refractivity contribution < 1.29 is 39.7 Å². The van der Waals surface area contributed by atoms with Crippen molar-refractivity contribution in [3.8, 4) is 5.75 Å². The third-order valence-electron chi connectivity index (χ3n) is 8.90. The fourth-order valence-corrected chi connectivity index (χ4v) is 7.44. The van der Waals surface area contributed by atoms with Crippen LogP contribution in [-0.4, -0.2) is 44.0 Å². The van der Waals surface area contributed by atoms with Crippen LogP contribution in [0.5, 0.6) is 5.75 Å². The van der Waals surface area contributed by atoms with Gasteiger partial charge in [0.15, 0.2) is 12.3 Å². The fraction of sp³-hybridized carbons (Fsp3) is 0.175. The van der Waals surface area contributed by atoms with Gasteiger partial charge in [0.1, 0.15) is 0 Å². The highest BCUT2D eigenvalue weighted by Crippen LogP contribution is 2.42. The normalized spacial score (nSPS) is 14.6. The number of hydrogen-bond donors (Lipinski definition) is 2. The van der Waals surface area contributed by atoms with Crippen LogP contribution in [0.2, 0.25) is 0 Å². The van der Waals surface area contributed by atoms with Crippen LogP contribution < -0.4 is 14.2 Å². The zero-order chi connectivity index (χ0) is 36.3. The summed E-state index contributed by atoms with van der Waals surface area (Å²) in [5.74, 6) is 0.903. The Balaban J connectivity index is 1.27. The van der Waals surface area contributed by atoms with E-state index >= 15 is 0 Å². The molecule has 0 saturated carbocycles. The third kappa shape index (κ3) is 8.43. The molecule has 0 fully saturated rings. The van der Waals surface area contributed by atoms with E-state index in [1.807, 2.05) is 137 Å². The SMILES string of the molecule is O=S(=O)(O)CCCN1\C(=C/C=C(/C=C/c2oc3cc4ccccc4cc3[n+]2CCCS(=O)(=O)O)Cc2ccccc2)Oc2cc3ccccc3cc21. The molecule has 0 saturated heterocycles. The Labute approximate surface area is 302 Å². The molecule has 2 heterocycles. The number of aromatic nitrogens is 1. The molecule has 2 N–H and O–H groups in total. The number of fused-ring (bicyclic) bond motifs is 4. The lowest BCUT2D eigenvalue weighted by Gasteiger charge is -2.18. The number of ether oxygens (including phenoxy) is 1.